The number of carboxylic acid groups (broad SMARTS) is 2. The lowest BCUT2D eigenvalue weighted by molar-refractivity contribution is -0.277. The van der Waals surface area contributed by atoms with Crippen LogP contribution in [-0.4, -0.2) is 159 Å². The highest BCUT2D eigenvalue weighted by Gasteiger charge is 2.50. The second kappa shape index (κ2) is 16.0. The molecule has 0 spiro atoms. The van der Waals surface area contributed by atoms with Gasteiger partial charge in [-0.25, -0.2) is 9.59 Å². The van der Waals surface area contributed by atoms with Crippen LogP contribution in [0.2, 0.25) is 0 Å². The molecule has 2 heterocycles. The Hall–Kier alpha value is -6.04. The van der Waals surface area contributed by atoms with Crippen molar-refractivity contribution >= 4 is 23.5 Å². The molecule has 4 aromatic carbocycles. The van der Waals surface area contributed by atoms with Gasteiger partial charge < -0.3 is 80.2 Å². The molecule has 2 aliphatic heterocycles. The van der Waals surface area contributed by atoms with E-state index < -0.39 is 144 Å². The van der Waals surface area contributed by atoms with E-state index in [1.807, 2.05) is 0 Å². The number of ether oxygens (including phenoxy) is 4. The number of phenolic OH excluding ortho intramolecular Hbond substituents is 2. The number of aromatic hydroxyl groups is 2. The first-order valence-corrected chi connectivity index (χ1v) is 19.0. The summed E-state index contributed by atoms with van der Waals surface area (Å²) >= 11 is 0. The van der Waals surface area contributed by atoms with Gasteiger partial charge in [0.1, 0.15) is 71.8 Å². The number of hydrogen-bond donors (Lipinski definition) is 12. The summed E-state index contributed by atoms with van der Waals surface area (Å²) in [6.07, 6.45) is -17.7. The molecule has 20 heteroatoms. The minimum Gasteiger partial charge on any atom is -0.507 e. The Kier molecular flexibility index (Phi) is 11.0. The topological polar surface area (TPSA) is 348 Å². The highest BCUT2D eigenvalue weighted by Crippen LogP contribution is 2.56. The van der Waals surface area contributed by atoms with Gasteiger partial charge in [-0.2, -0.15) is 0 Å². The number of benzene rings is 4. The van der Waals surface area contributed by atoms with Crippen LogP contribution in [0.3, 0.4) is 0 Å². The van der Waals surface area contributed by atoms with Gasteiger partial charge in [0.15, 0.2) is 0 Å². The van der Waals surface area contributed by atoms with Crippen molar-refractivity contribution in [2.75, 3.05) is 13.2 Å². The minimum absolute atomic E-state index is 0.00301. The number of carbonyl (C=O) groups excluding carboxylic acids is 2. The molecule has 12 N–H and O–H groups in total. The number of carboxylic acids is 2. The third-order valence-corrected chi connectivity index (χ3v) is 11.7. The van der Waals surface area contributed by atoms with E-state index in [-0.39, 0.29) is 44.9 Å². The van der Waals surface area contributed by atoms with Crippen molar-refractivity contribution in [3.63, 3.8) is 0 Å². The van der Waals surface area contributed by atoms with Crippen LogP contribution < -0.4 is 9.47 Å². The molecule has 0 saturated carbocycles. The van der Waals surface area contributed by atoms with Crippen molar-refractivity contribution in [1.29, 1.82) is 0 Å². The fourth-order valence-electron chi connectivity index (χ4n) is 8.71. The van der Waals surface area contributed by atoms with E-state index in [4.69, 9.17) is 18.9 Å². The van der Waals surface area contributed by atoms with Gasteiger partial charge in [0.05, 0.1) is 46.6 Å². The van der Waals surface area contributed by atoms with E-state index in [1.165, 1.54) is 36.4 Å². The van der Waals surface area contributed by atoms with Crippen molar-refractivity contribution < 1.29 is 99.4 Å². The Balaban J connectivity index is 1.38. The van der Waals surface area contributed by atoms with Crippen molar-refractivity contribution in [1.82, 2.24) is 0 Å². The third-order valence-electron chi connectivity index (χ3n) is 11.7. The first-order valence-electron chi connectivity index (χ1n) is 19.0. The quantitative estimate of drug-likeness (QED) is 0.0950. The maximum atomic E-state index is 14.7. The SMILES string of the molecule is O=C(O)c1cc(O)c2c(c1)[C@@H]([C@H]1c3cc(C(=O)O)cc(O)c3C(=O)c3c(O[C@H]4O[C@H](CO)[C@@H](O)[C@H](O)[C@H]4O)cccc31)c1cccc(O[C@@H]3O[C@H](CO)[C@@H](O)[C@H](O)[C@@H]3O)c1C2=O. The van der Waals surface area contributed by atoms with Crippen LogP contribution in [0.25, 0.3) is 0 Å². The van der Waals surface area contributed by atoms with E-state index in [9.17, 15) is 80.5 Å². The number of fused-ring (bicyclic) bond motifs is 4. The molecule has 2 fully saturated rings. The van der Waals surface area contributed by atoms with Crippen LogP contribution in [0, 0.1) is 0 Å². The first-order chi connectivity index (χ1) is 29.5. The molecular formula is C42H38O20. The Morgan fingerprint density at radius 1 is 0.516 bits per heavy atom. The van der Waals surface area contributed by atoms with Gasteiger partial charge in [0, 0.05) is 11.8 Å². The number of ketones is 2. The van der Waals surface area contributed by atoms with Crippen LogP contribution in [-0.2, 0) is 9.47 Å². The van der Waals surface area contributed by atoms with Gasteiger partial charge in [0.25, 0.3) is 0 Å². The van der Waals surface area contributed by atoms with Gasteiger partial charge in [-0.3, -0.25) is 9.59 Å². The molecule has 62 heavy (non-hydrogen) atoms. The van der Waals surface area contributed by atoms with Crippen molar-refractivity contribution in [3.8, 4) is 23.0 Å². The van der Waals surface area contributed by atoms with Gasteiger partial charge in [-0.1, -0.05) is 24.3 Å². The molecule has 20 nitrogen and oxygen atoms in total. The number of aliphatic hydroxyl groups excluding tert-OH is 8. The van der Waals surface area contributed by atoms with Gasteiger partial charge in [-0.15, -0.1) is 0 Å². The lowest BCUT2D eigenvalue weighted by Crippen LogP contribution is -2.60. The van der Waals surface area contributed by atoms with Crippen LogP contribution in [0.4, 0.5) is 0 Å². The first kappa shape index (κ1) is 42.6. The summed E-state index contributed by atoms with van der Waals surface area (Å²) in [5.74, 6) is -10.1. The summed E-state index contributed by atoms with van der Waals surface area (Å²) < 4.78 is 23.0. The molecule has 326 valence electrons. The van der Waals surface area contributed by atoms with E-state index in [2.05, 4.69) is 0 Å². The smallest absolute Gasteiger partial charge is 0.335 e. The summed E-state index contributed by atoms with van der Waals surface area (Å²) in [6, 6.07) is 11.9. The van der Waals surface area contributed by atoms with Crippen molar-refractivity contribution in [2.24, 2.45) is 0 Å². The summed E-state index contributed by atoms with van der Waals surface area (Å²) in [5, 5.41) is 126. The fourth-order valence-corrected chi connectivity index (χ4v) is 8.71. The van der Waals surface area contributed by atoms with Crippen LogP contribution in [0.15, 0.2) is 60.7 Å². The summed E-state index contributed by atoms with van der Waals surface area (Å²) in [7, 11) is 0. The largest absolute Gasteiger partial charge is 0.507 e. The molecule has 2 saturated heterocycles. The van der Waals surface area contributed by atoms with Crippen LogP contribution >= 0.6 is 0 Å². The molecule has 4 aromatic rings. The minimum atomic E-state index is -1.94. The summed E-state index contributed by atoms with van der Waals surface area (Å²) in [5.41, 5.74) is -2.87. The number of carbonyl (C=O) groups is 4. The molecule has 0 bridgehead atoms. The average Bonchev–Trinajstić information content (AvgIpc) is 3.24. The highest BCUT2D eigenvalue weighted by molar-refractivity contribution is 6.18. The van der Waals surface area contributed by atoms with Crippen LogP contribution in [0.1, 0.15) is 86.6 Å². The number of rotatable bonds is 9. The highest BCUT2D eigenvalue weighted by atomic mass is 16.7. The van der Waals surface area contributed by atoms with Gasteiger partial charge in [-0.05, 0) is 58.7 Å². The monoisotopic (exact) mass is 862 g/mol. The van der Waals surface area contributed by atoms with Gasteiger partial charge >= 0.3 is 11.9 Å². The normalized spacial score (nSPS) is 30.1. The Morgan fingerprint density at radius 3 is 1.23 bits per heavy atom. The van der Waals surface area contributed by atoms with E-state index >= 15 is 0 Å². The number of aliphatic hydroxyl groups is 8. The fraction of sp³-hybridized carbons (Fsp3) is 0.333. The van der Waals surface area contributed by atoms with E-state index in [0.29, 0.717) is 0 Å². The second-order valence-electron chi connectivity index (χ2n) is 15.2. The molecule has 0 amide bonds. The summed E-state index contributed by atoms with van der Waals surface area (Å²) in [4.78, 5) is 54.2. The Morgan fingerprint density at radius 2 is 0.887 bits per heavy atom. The third kappa shape index (κ3) is 6.73. The predicted molar refractivity (Wildman–Crippen MR) is 202 cm³/mol. The zero-order chi connectivity index (χ0) is 44.6. The molecule has 12 atom stereocenters. The standard InChI is InChI=1S/C42H38O20/c43-11-23-31(47)35(51)37(53)41(61-23)59-21-5-1-3-15-25(17-7-13(39(55)56)9-19(45)27(17)33(49)29(15)21)26-16-4-2-6-22(60-42-38(54)36(52)32(48)24(12-44)62-42)30(16)34(50)28-18(26)8-14(40(57)58)10-20(28)46/h1-10,23-26,31-32,35-38,41-48,51-54H,11-12H2,(H,55,56)(H,57,58)/t23-,24-,25-,26+,31-,32-,35+,36+,37-,38+,41+,42-/m1/s1. The average molecular weight is 863 g/mol. The number of aromatic carboxylic acids is 2. The van der Waals surface area contributed by atoms with E-state index in [0.717, 1.165) is 24.3 Å². The van der Waals surface area contributed by atoms with E-state index in [1.54, 1.807) is 0 Å². The second-order valence-corrected chi connectivity index (χ2v) is 15.2. The van der Waals surface area contributed by atoms with Crippen molar-refractivity contribution in [3.05, 3.63) is 116 Å². The lowest BCUT2D eigenvalue weighted by Gasteiger charge is -2.41. The summed E-state index contributed by atoms with van der Waals surface area (Å²) in [6.45, 7) is -1.64. The number of hydrogen-bond acceptors (Lipinski definition) is 18. The molecule has 0 aromatic heterocycles. The van der Waals surface area contributed by atoms with Crippen LogP contribution in [0.5, 0.6) is 23.0 Å². The maximum absolute atomic E-state index is 14.7. The predicted octanol–water partition coefficient (Wildman–Crippen LogP) is -1.10. The zero-order valence-corrected chi connectivity index (χ0v) is 31.7. The lowest BCUT2D eigenvalue weighted by atomic mass is 9.63. The molecule has 8 rings (SSSR count). The molecular weight excluding hydrogens is 824 g/mol. The van der Waals surface area contributed by atoms with Gasteiger partial charge in [0.2, 0.25) is 24.1 Å². The maximum Gasteiger partial charge on any atom is 0.335 e. The molecule has 0 radical (unpaired) electrons. The molecule has 2 aliphatic carbocycles. The molecule has 4 aliphatic rings. The number of phenols is 2. The Labute approximate surface area is 348 Å². The van der Waals surface area contributed by atoms with Crippen molar-refractivity contribution in [2.45, 2.75) is 73.2 Å². The zero-order valence-electron chi connectivity index (χ0n) is 31.7. The molecule has 0 unspecified atom stereocenters. The Bertz CT molecular complexity index is 2330.